The standard InChI is InChI=1S/C29H24O2S/c1-2-27(30)31-29(24-17-9-4-10-18-24,25-19-11-5-12-20-25)28(23-15-7-3-8-16-23)32-26-21-13-6-14-22-26/h2-22,28H,1H2. The van der Waals surface area contributed by atoms with Crippen molar-refractivity contribution in [1.29, 1.82) is 0 Å². The monoisotopic (exact) mass is 436 g/mol. The third-order valence-electron chi connectivity index (χ3n) is 5.30. The second-order valence-electron chi connectivity index (χ2n) is 7.31. The van der Waals surface area contributed by atoms with Gasteiger partial charge in [-0.2, -0.15) is 0 Å². The van der Waals surface area contributed by atoms with Gasteiger partial charge in [-0.1, -0.05) is 116 Å². The van der Waals surface area contributed by atoms with Crippen LogP contribution in [-0.2, 0) is 15.1 Å². The molecule has 4 rings (SSSR count). The summed E-state index contributed by atoms with van der Waals surface area (Å²) in [6, 6.07) is 40.3. The molecule has 0 aliphatic rings. The van der Waals surface area contributed by atoms with Gasteiger partial charge in [0.25, 0.3) is 0 Å². The van der Waals surface area contributed by atoms with E-state index in [1.165, 1.54) is 6.08 Å². The lowest BCUT2D eigenvalue weighted by Gasteiger charge is -2.41. The summed E-state index contributed by atoms with van der Waals surface area (Å²) >= 11 is 1.68. The average molecular weight is 437 g/mol. The van der Waals surface area contributed by atoms with Crippen LogP contribution in [0.4, 0.5) is 0 Å². The van der Waals surface area contributed by atoms with Gasteiger partial charge in [0.2, 0.25) is 0 Å². The van der Waals surface area contributed by atoms with Crippen LogP contribution in [-0.4, -0.2) is 5.97 Å². The molecule has 158 valence electrons. The maximum atomic E-state index is 12.8. The van der Waals surface area contributed by atoms with Gasteiger partial charge in [0.15, 0.2) is 5.60 Å². The van der Waals surface area contributed by atoms with Crippen LogP contribution in [0, 0.1) is 0 Å². The van der Waals surface area contributed by atoms with Gasteiger partial charge in [-0.05, 0) is 17.7 Å². The minimum absolute atomic E-state index is 0.250. The molecule has 0 aliphatic carbocycles. The van der Waals surface area contributed by atoms with Crippen molar-refractivity contribution >= 4 is 17.7 Å². The summed E-state index contributed by atoms with van der Waals surface area (Å²) in [7, 11) is 0. The lowest BCUT2D eigenvalue weighted by molar-refractivity contribution is -0.150. The molecule has 0 spiro atoms. The third kappa shape index (κ3) is 4.53. The van der Waals surface area contributed by atoms with E-state index in [4.69, 9.17) is 4.74 Å². The van der Waals surface area contributed by atoms with Crippen molar-refractivity contribution in [2.45, 2.75) is 15.7 Å². The molecular formula is C29H24O2S. The predicted molar refractivity (Wildman–Crippen MR) is 131 cm³/mol. The molecule has 2 nitrogen and oxygen atoms in total. The molecule has 3 heteroatoms. The predicted octanol–water partition coefficient (Wildman–Crippen LogP) is 7.19. The summed E-state index contributed by atoms with van der Waals surface area (Å²) < 4.78 is 6.37. The lowest BCUT2D eigenvalue weighted by atomic mass is 9.80. The van der Waals surface area contributed by atoms with Gasteiger partial charge in [0.1, 0.15) is 0 Å². The number of rotatable bonds is 8. The quantitative estimate of drug-likeness (QED) is 0.166. The first kappa shape index (κ1) is 21.7. The molecule has 0 fully saturated rings. The number of esters is 1. The molecule has 0 bridgehead atoms. The van der Waals surface area contributed by atoms with Crippen molar-refractivity contribution < 1.29 is 9.53 Å². The van der Waals surface area contributed by atoms with Crippen molar-refractivity contribution in [3.8, 4) is 0 Å². The van der Waals surface area contributed by atoms with Gasteiger partial charge in [-0.25, -0.2) is 4.79 Å². The molecule has 0 heterocycles. The van der Waals surface area contributed by atoms with Gasteiger partial charge >= 0.3 is 5.97 Å². The van der Waals surface area contributed by atoms with Gasteiger partial charge in [0, 0.05) is 22.1 Å². The van der Waals surface area contributed by atoms with Crippen LogP contribution in [0.1, 0.15) is 21.9 Å². The van der Waals surface area contributed by atoms with Gasteiger partial charge in [0.05, 0.1) is 5.25 Å². The highest BCUT2D eigenvalue weighted by Crippen LogP contribution is 2.53. The van der Waals surface area contributed by atoms with Crippen molar-refractivity contribution in [2.75, 3.05) is 0 Å². The maximum Gasteiger partial charge on any atom is 0.331 e. The first-order chi connectivity index (χ1) is 15.7. The van der Waals surface area contributed by atoms with Crippen LogP contribution in [0.5, 0.6) is 0 Å². The first-order valence-electron chi connectivity index (χ1n) is 10.5. The van der Waals surface area contributed by atoms with E-state index in [-0.39, 0.29) is 5.25 Å². The number of carbonyl (C=O) groups is 1. The molecule has 0 N–H and O–H groups in total. The molecule has 1 unspecified atom stereocenters. The molecule has 0 saturated heterocycles. The largest absolute Gasteiger partial charge is 0.444 e. The number of hydrogen-bond donors (Lipinski definition) is 0. The average Bonchev–Trinajstić information content (AvgIpc) is 2.88. The second-order valence-corrected chi connectivity index (χ2v) is 8.49. The minimum Gasteiger partial charge on any atom is -0.444 e. The molecule has 0 radical (unpaired) electrons. The minimum atomic E-state index is -1.07. The molecule has 4 aromatic rings. The third-order valence-corrected chi connectivity index (χ3v) is 6.69. The Morgan fingerprint density at radius 2 is 1.16 bits per heavy atom. The SMILES string of the molecule is C=CC(=O)OC(c1ccccc1)(c1ccccc1)C(Sc1ccccc1)c1ccccc1. The zero-order valence-electron chi connectivity index (χ0n) is 17.6. The van der Waals surface area contributed by atoms with Crippen molar-refractivity contribution in [2.24, 2.45) is 0 Å². The Hall–Kier alpha value is -3.56. The number of hydrogen-bond acceptors (Lipinski definition) is 3. The summed E-state index contributed by atoms with van der Waals surface area (Å²) in [5.74, 6) is -0.465. The van der Waals surface area contributed by atoms with Crippen LogP contribution < -0.4 is 0 Å². The second kappa shape index (κ2) is 10.2. The van der Waals surface area contributed by atoms with E-state index in [2.05, 4.69) is 30.8 Å². The van der Waals surface area contributed by atoms with Crippen LogP contribution in [0.25, 0.3) is 0 Å². The van der Waals surface area contributed by atoms with Crippen molar-refractivity contribution in [3.63, 3.8) is 0 Å². The van der Waals surface area contributed by atoms with E-state index in [9.17, 15) is 4.79 Å². The Bertz CT molecular complexity index is 1100. The Kier molecular flexibility index (Phi) is 6.88. The molecule has 0 aliphatic heterocycles. The summed E-state index contributed by atoms with van der Waals surface area (Å²) in [5, 5.41) is -0.250. The van der Waals surface area contributed by atoms with Crippen molar-refractivity contribution in [1.82, 2.24) is 0 Å². The Morgan fingerprint density at radius 1 is 0.719 bits per heavy atom. The summed E-state index contributed by atoms with van der Waals surface area (Å²) in [6.45, 7) is 3.67. The van der Waals surface area contributed by atoms with E-state index >= 15 is 0 Å². The molecule has 1 atom stereocenters. The first-order valence-corrected chi connectivity index (χ1v) is 11.3. The molecule has 0 saturated carbocycles. The van der Waals surface area contributed by atoms with E-state index in [0.29, 0.717) is 0 Å². The maximum absolute atomic E-state index is 12.8. The molecule has 32 heavy (non-hydrogen) atoms. The summed E-state index contributed by atoms with van der Waals surface area (Å²) in [4.78, 5) is 13.9. The van der Waals surface area contributed by atoms with Gasteiger partial charge in [-0.3, -0.25) is 0 Å². The Labute approximate surface area is 193 Å². The highest BCUT2D eigenvalue weighted by atomic mass is 32.2. The lowest BCUT2D eigenvalue weighted by Crippen LogP contribution is -2.38. The number of thioether (sulfide) groups is 1. The Balaban J connectivity index is 2.01. The van der Waals surface area contributed by atoms with Crippen LogP contribution in [0.2, 0.25) is 0 Å². The highest BCUT2D eigenvalue weighted by Gasteiger charge is 2.47. The number of ether oxygens (including phenoxy) is 1. The zero-order valence-corrected chi connectivity index (χ0v) is 18.5. The number of carbonyl (C=O) groups excluding carboxylic acids is 1. The van der Waals surface area contributed by atoms with Gasteiger partial charge < -0.3 is 4.74 Å². The fourth-order valence-corrected chi connectivity index (χ4v) is 5.23. The molecular weight excluding hydrogens is 412 g/mol. The molecule has 4 aromatic carbocycles. The fraction of sp³-hybridized carbons (Fsp3) is 0.0690. The summed E-state index contributed by atoms with van der Waals surface area (Å²) in [5.41, 5.74) is 1.79. The highest BCUT2D eigenvalue weighted by molar-refractivity contribution is 7.99. The zero-order chi connectivity index (χ0) is 22.2. The van der Waals surface area contributed by atoms with E-state index < -0.39 is 11.6 Å². The van der Waals surface area contributed by atoms with E-state index in [0.717, 1.165) is 21.6 Å². The van der Waals surface area contributed by atoms with E-state index in [1.54, 1.807) is 11.8 Å². The topological polar surface area (TPSA) is 26.3 Å². The smallest absolute Gasteiger partial charge is 0.331 e. The molecule has 0 aromatic heterocycles. The fourth-order valence-electron chi connectivity index (χ4n) is 3.86. The van der Waals surface area contributed by atoms with Crippen LogP contribution in [0.3, 0.4) is 0 Å². The van der Waals surface area contributed by atoms with Crippen molar-refractivity contribution in [3.05, 3.63) is 151 Å². The van der Waals surface area contributed by atoms with Crippen LogP contribution in [0.15, 0.2) is 139 Å². The van der Waals surface area contributed by atoms with Gasteiger partial charge in [-0.15, -0.1) is 11.8 Å². The Morgan fingerprint density at radius 3 is 1.62 bits per heavy atom. The van der Waals surface area contributed by atoms with E-state index in [1.807, 2.05) is 97.1 Å². The van der Waals surface area contributed by atoms with Crippen LogP contribution >= 0.6 is 11.8 Å². The number of benzene rings is 4. The summed E-state index contributed by atoms with van der Waals surface area (Å²) in [6.07, 6.45) is 1.23. The molecule has 0 amide bonds. The normalized spacial score (nSPS) is 12.0.